The van der Waals surface area contributed by atoms with Crippen molar-refractivity contribution in [3.05, 3.63) is 0 Å². The summed E-state index contributed by atoms with van der Waals surface area (Å²) in [6, 6.07) is 0. The molecule has 0 aliphatic carbocycles. The highest BCUT2D eigenvalue weighted by Gasteiger charge is 2.34. The molecule has 3 aliphatic heterocycles. The summed E-state index contributed by atoms with van der Waals surface area (Å²) in [4.78, 5) is 29.4. The van der Waals surface area contributed by atoms with Crippen LogP contribution in [-0.4, -0.2) is 110 Å². The third-order valence-electron chi connectivity index (χ3n) is 6.81. The van der Waals surface area contributed by atoms with Crippen LogP contribution in [0.25, 0.3) is 0 Å². The van der Waals surface area contributed by atoms with E-state index in [0.717, 1.165) is 35.1 Å². The van der Waals surface area contributed by atoms with Crippen LogP contribution in [0.4, 0.5) is 0 Å². The third-order valence-corrected chi connectivity index (χ3v) is 6.81. The van der Waals surface area contributed by atoms with Gasteiger partial charge in [-0.3, -0.25) is 9.59 Å². The van der Waals surface area contributed by atoms with Gasteiger partial charge in [-0.2, -0.15) is 0 Å². The number of rotatable bonds is 4. The first-order valence-corrected chi connectivity index (χ1v) is 10.6. The molecule has 0 aromatic carbocycles. The van der Waals surface area contributed by atoms with Crippen LogP contribution in [0.2, 0.25) is 0 Å². The van der Waals surface area contributed by atoms with Gasteiger partial charge in [-0.05, 0) is 38.5 Å². The summed E-state index contributed by atoms with van der Waals surface area (Å²) in [5, 5.41) is 0. The van der Waals surface area contributed by atoms with E-state index in [1.807, 2.05) is 9.80 Å². The van der Waals surface area contributed by atoms with Gasteiger partial charge in [0, 0.05) is 26.2 Å². The Morgan fingerprint density at radius 3 is 1.18 bits per heavy atom. The number of quaternary nitrogens is 2. The molecule has 3 fully saturated rings. The molecule has 3 aliphatic rings. The number of nitrogens with zero attached hydrogens (tertiary/aromatic N) is 4. The number of piperazine rings is 1. The topological polar surface area (TPSA) is 40.6 Å². The van der Waals surface area contributed by atoms with Gasteiger partial charge in [-0.1, -0.05) is 0 Å². The number of likely N-dealkylation sites (tertiary alicyclic amines) is 2. The predicted octanol–water partition coefficient (Wildman–Crippen LogP) is -5.07. The second-order valence-corrected chi connectivity index (χ2v) is 9.33. The van der Waals surface area contributed by atoms with E-state index in [1.165, 1.54) is 38.5 Å². The first-order chi connectivity index (χ1) is 12.4. The Hall–Kier alpha value is 0.320. The van der Waals surface area contributed by atoms with Crippen LogP contribution in [0, 0.1) is 0 Å². The van der Waals surface area contributed by atoms with E-state index in [1.54, 1.807) is 0 Å². The van der Waals surface area contributed by atoms with Gasteiger partial charge in [0.25, 0.3) is 11.8 Å². The average Bonchev–Trinajstić information content (AvgIpc) is 2.62. The molecule has 6 nitrogen and oxygen atoms in total. The molecule has 164 valence electrons. The lowest BCUT2D eigenvalue weighted by atomic mass is 10.1. The zero-order valence-electron chi connectivity index (χ0n) is 17.7. The lowest BCUT2D eigenvalue weighted by molar-refractivity contribution is -0.906. The lowest BCUT2D eigenvalue weighted by Crippen LogP contribution is -3.00. The van der Waals surface area contributed by atoms with E-state index in [2.05, 4.69) is 14.1 Å². The van der Waals surface area contributed by atoms with Gasteiger partial charge in [0.2, 0.25) is 0 Å². The van der Waals surface area contributed by atoms with Gasteiger partial charge in [-0.25, -0.2) is 0 Å². The number of piperidine rings is 2. The summed E-state index contributed by atoms with van der Waals surface area (Å²) >= 11 is 0. The van der Waals surface area contributed by atoms with Gasteiger partial charge < -0.3 is 66.7 Å². The van der Waals surface area contributed by atoms with Crippen LogP contribution in [0.1, 0.15) is 38.5 Å². The standard InChI is InChI=1S/C20H38N4O2.2HI/c1-23(13-5-3-6-14-23)17-19(25)21-9-11-22(12-10-21)20(26)18-24(2)15-7-4-8-16-24;;/h3-18H2,1-2H3;2*1H/q+2;;/p-2. The zero-order valence-corrected chi connectivity index (χ0v) is 22.0. The molecule has 0 N–H and O–H groups in total. The first-order valence-electron chi connectivity index (χ1n) is 10.6. The van der Waals surface area contributed by atoms with Gasteiger partial charge in [0.05, 0.1) is 40.3 Å². The molecule has 28 heavy (non-hydrogen) atoms. The number of halogens is 2. The number of hydrogen-bond donors (Lipinski definition) is 0. The van der Waals surface area contributed by atoms with Crippen LogP contribution in [0.3, 0.4) is 0 Å². The summed E-state index contributed by atoms with van der Waals surface area (Å²) in [5.41, 5.74) is 0. The predicted molar refractivity (Wildman–Crippen MR) is 102 cm³/mol. The first kappa shape index (κ1) is 26.4. The van der Waals surface area contributed by atoms with E-state index >= 15 is 0 Å². The molecular weight excluding hydrogens is 582 g/mol. The lowest BCUT2D eigenvalue weighted by Gasteiger charge is -2.41. The summed E-state index contributed by atoms with van der Waals surface area (Å²) in [6.45, 7) is 8.57. The Labute approximate surface area is 205 Å². The largest absolute Gasteiger partial charge is 1.00 e. The van der Waals surface area contributed by atoms with Gasteiger partial charge in [0.1, 0.15) is 0 Å². The molecular formula is C20H38I2N4O2. The fourth-order valence-corrected chi connectivity index (χ4v) is 4.93. The smallest absolute Gasteiger partial charge is 0.277 e. The normalized spacial score (nSPS) is 23.9. The Balaban J connectivity index is 0.00000196. The van der Waals surface area contributed by atoms with Gasteiger partial charge in [0.15, 0.2) is 13.1 Å². The number of likely N-dealkylation sites (N-methyl/N-ethyl adjacent to an activating group) is 2. The van der Waals surface area contributed by atoms with Crippen molar-refractivity contribution in [2.24, 2.45) is 0 Å². The summed E-state index contributed by atoms with van der Waals surface area (Å²) in [6.07, 6.45) is 7.57. The minimum Gasteiger partial charge on any atom is -1.00 e. The maximum Gasteiger partial charge on any atom is 0.277 e. The van der Waals surface area contributed by atoms with E-state index in [0.29, 0.717) is 39.3 Å². The van der Waals surface area contributed by atoms with Crippen LogP contribution >= 0.6 is 0 Å². The van der Waals surface area contributed by atoms with Crippen LogP contribution in [0.15, 0.2) is 0 Å². The number of carbonyl (C=O) groups is 2. The highest BCUT2D eigenvalue weighted by Crippen LogP contribution is 2.18. The molecule has 0 unspecified atom stereocenters. The molecule has 3 rings (SSSR count). The van der Waals surface area contributed by atoms with E-state index in [4.69, 9.17) is 0 Å². The van der Waals surface area contributed by atoms with Gasteiger partial charge >= 0.3 is 0 Å². The van der Waals surface area contributed by atoms with Crippen molar-refractivity contribution in [3.63, 3.8) is 0 Å². The molecule has 3 saturated heterocycles. The van der Waals surface area contributed by atoms with Crippen LogP contribution in [-0.2, 0) is 9.59 Å². The molecule has 0 spiro atoms. The Bertz CT molecular complexity index is 466. The third kappa shape index (κ3) is 7.23. The molecule has 0 radical (unpaired) electrons. The number of carbonyl (C=O) groups excluding carboxylic acids is 2. The van der Waals surface area contributed by atoms with E-state index in [-0.39, 0.29) is 59.8 Å². The van der Waals surface area contributed by atoms with Crippen molar-refractivity contribution >= 4 is 11.8 Å². The maximum atomic E-state index is 12.7. The Kier molecular flexibility index (Phi) is 11.0. The monoisotopic (exact) mass is 620 g/mol. The summed E-state index contributed by atoms with van der Waals surface area (Å²) < 4.78 is 1.79. The Morgan fingerprint density at radius 1 is 0.607 bits per heavy atom. The van der Waals surface area contributed by atoms with Crippen molar-refractivity contribution in [1.29, 1.82) is 0 Å². The molecule has 0 bridgehead atoms. The average molecular weight is 620 g/mol. The van der Waals surface area contributed by atoms with Gasteiger partial charge in [-0.15, -0.1) is 0 Å². The molecule has 0 atom stereocenters. The summed E-state index contributed by atoms with van der Waals surface area (Å²) in [7, 11) is 4.44. The number of hydrogen-bond acceptors (Lipinski definition) is 2. The van der Waals surface area contributed by atoms with E-state index in [9.17, 15) is 9.59 Å². The zero-order chi connectivity index (χ0) is 18.6. The molecule has 8 heteroatoms. The van der Waals surface area contributed by atoms with Crippen molar-refractivity contribution in [2.45, 2.75) is 38.5 Å². The van der Waals surface area contributed by atoms with E-state index < -0.39 is 0 Å². The fraction of sp³-hybridized carbons (Fsp3) is 0.900. The molecule has 0 aromatic rings. The van der Waals surface area contributed by atoms with Crippen LogP contribution < -0.4 is 48.0 Å². The van der Waals surface area contributed by atoms with Crippen molar-refractivity contribution < 1.29 is 66.5 Å². The SMILES string of the molecule is C[N+]1(CC(=O)N2CCN(C(=O)C[N+]3(C)CCCCC3)CC2)CCCCC1.[I-].[I-]. The van der Waals surface area contributed by atoms with Crippen LogP contribution in [0.5, 0.6) is 0 Å². The molecule has 0 aromatic heterocycles. The number of amides is 2. The Morgan fingerprint density at radius 2 is 0.893 bits per heavy atom. The second kappa shape index (κ2) is 11.6. The highest BCUT2D eigenvalue weighted by molar-refractivity contribution is 5.79. The molecule has 2 amide bonds. The minimum absolute atomic E-state index is 0. The fourth-order valence-electron chi connectivity index (χ4n) is 4.93. The minimum atomic E-state index is 0. The highest BCUT2D eigenvalue weighted by atomic mass is 127. The van der Waals surface area contributed by atoms with Crippen molar-refractivity contribution in [3.8, 4) is 0 Å². The summed E-state index contributed by atoms with van der Waals surface area (Å²) in [5.74, 6) is 0.549. The quantitative estimate of drug-likeness (QED) is 0.234. The van der Waals surface area contributed by atoms with Crippen molar-refractivity contribution in [2.75, 3.05) is 79.5 Å². The van der Waals surface area contributed by atoms with Crippen molar-refractivity contribution in [1.82, 2.24) is 9.80 Å². The molecule has 3 heterocycles. The second-order valence-electron chi connectivity index (χ2n) is 9.33. The maximum absolute atomic E-state index is 12.7. The molecule has 0 saturated carbocycles.